The van der Waals surface area contributed by atoms with Crippen LogP contribution in [0.3, 0.4) is 0 Å². The van der Waals surface area contributed by atoms with E-state index in [4.69, 9.17) is 21.1 Å². The molecule has 4 heteroatoms. The van der Waals surface area contributed by atoms with Gasteiger partial charge in [-0.25, -0.2) is 4.98 Å². The van der Waals surface area contributed by atoms with Gasteiger partial charge < -0.3 is 9.47 Å². The Balaban J connectivity index is 1.96. The molecule has 0 amide bonds. The fourth-order valence-corrected chi connectivity index (χ4v) is 1.71. The van der Waals surface area contributed by atoms with Gasteiger partial charge in [0.2, 0.25) is 5.88 Å². The number of hydrogen-bond donors (Lipinski definition) is 0. The van der Waals surface area contributed by atoms with Crippen LogP contribution < -0.4 is 4.74 Å². The topological polar surface area (TPSA) is 31.4 Å². The Labute approximate surface area is 94.4 Å². The van der Waals surface area contributed by atoms with Gasteiger partial charge in [0.1, 0.15) is 6.10 Å². The van der Waals surface area contributed by atoms with Gasteiger partial charge in [-0.2, -0.15) is 0 Å². The number of halogens is 1. The molecule has 1 fully saturated rings. The Hall–Kier alpha value is -0.800. The van der Waals surface area contributed by atoms with E-state index in [0.29, 0.717) is 11.8 Å². The fourth-order valence-electron chi connectivity index (χ4n) is 1.56. The molecule has 0 radical (unpaired) electrons. The predicted octanol–water partition coefficient (Wildman–Crippen LogP) is 2.38. The van der Waals surface area contributed by atoms with Gasteiger partial charge in [-0.1, -0.05) is 6.07 Å². The van der Waals surface area contributed by atoms with Crippen LogP contribution in [0.4, 0.5) is 0 Å². The highest BCUT2D eigenvalue weighted by atomic mass is 35.5. The zero-order valence-corrected chi connectivity index (χ0v) is 9.24. The van der Waals surface area contributed by atoms with Crippen molar-refractivity contribution >= 4 is 11.6 Å². The molecule has 0 aromatic carbocycles. The molecule has 1 aromatic rings. The van der Waals surface area contributed by atoms with Crippen molar-refractivity contribution in [3.63, 3.8) is 0 Å². The van der Waals surface area contributed by atoms with Crippen LogP contribution in [0.25, 0.3) is 0 Å². The predicted molar refractivity (Wildman–Crippen MR) is 58.3 cm³/mol. The highest BCUT2D eigenvalue weighted by molar-refractivity contribution is 6.16. The summed E-state index contributed by atoms with van der Waals surface area (Å²) in [6.07, 6.45) is 2.11. The second-order valence-electron chi connectivity index (χ2n) is 3.53. The smallest absolute Gasteiger partial charge is 0.213 e. The van der Waals surface area contributed by atoms with Crippen LogP contribution in [0.1, 0.15) is 18.5 Å². The van der Waals surface area contributed by atoms with E-state index in [2.05, 4.69) is 4.98 Å². The van der Waals surface area contributed by atoms with Crippen molar-refractivity contribution in [1.82, 2.24) is 4.98 Å². The Kier molecular flexibility index (Phi) is 3.80. The summed E-state index contributed by atoms with van der Waals surface area (Å²) in [6.45, 7) is 1.56. The SMILES string of the molecule is ClCc1cccc(OC2CCOCC2)n1. The molecule has 0 saturated carbocycles. The van der Waals surface area contributed by atoms with Crippen LogP contribution in [0.2, 0.25) is 0 Å². The first-order chi connectivity index (χ1) is 7.38. The maximum absolute atomic E-state index is 5.75. The van der Waals surface area contributed by atoms with Crippen molar-refractivity contribution in [3.05, 3.63) is 23.9 Å². The van der Waals surface area contributed by atoms with Crippen LogP contribution in [0, 0.1) is 0 Å². The molecule has 82 valence electrons. The number of hydrogen-bond acceptors (Lipinski definition) is 3. The van der Waals surface area contributed by atoms with Crippen LogP contribution in [0.5, 0.6) is 5.88 Å². The molecule has 0 bridgehead atoms. The molecule has 1 aromatic heterocycles. The molecule has 2 heterocycles. The highest BCUT2D eigenvalue weighted by Crippen LogP contribution is 2.16. The van der Waals surface area contributed by atoms with Crippen molar-refractivity contribution in [2.45, 2.75) is 24.8 Å². The Morgan fingerprint density at radius 3 is 2.93 bits per heavy atom. The van der Waals surface area contributed by atoms with E-state index in [9.17, 15) is 0 Å². The van der Waals surface area contributed by atoms with Crippen LogP contribution in [-0.2, 0) is 10.6 Å². The largest absolute Gasteiger partial charge is 0.474 e. The monoisotopic (exact) mass is 227 g/mol. The lowest BCUT2D eigenvalue weighted by molar-refractivity contribution is 0.0237. The van der Waals surface area contributed by atoms with Crippen LogP contribution >= 0.6 is 11.6 Å². The van der Waals surface area contributed by atoms with Gasteiger partial charge in [0, 0.05) is 18.9 Å². The molecule has 15 heavy (non-hydrogen) atoms. The third kappa shape index (κ3) is 3.08. The molecule has 0 spiro atoms. The van der Waals surface area contributed by atoms with Gasteiger partial charge in [0.25, 0.3) is 0 Å². The van der Waals surface area contributed by atoms with E-state index in [1.54, 1.807) is 0 Å². The standard InChI is InChI=1S/C11H14ClNO2/c12-8-9-2-1-3-11(13-9)15-10-4-6-14-7-5-10/h1-3,10H,4-8H2. The summed E-state index contributed by atoms with van der Waals surface area (Å²) in [5, 5.41) is 0. The van der Waals surface area contributed by atoms with Crippen molar-refractivity contribution in [2.75, 3.05) is 13.2 Å². The summed E-state index contributed by atoms with van der Waals surface area (Å²) in [6, 6.07) is 5.68. The fraction of sp³-hybridized carbons (Fsp3) is 0.545. The molecule has 0 aliphatic carbocycles. The minimum Gasteiger partial charge on any atom is -0.474 e. The van der Waals surface area contributed by atoms with E-state index in [0.717, 1.165) is 31.7 Å². The molecule has 1 aliphatic rings. The molecular weight excluding hydrogens is 214 g/mol. The van der Waals surface area contributed by atoms with E-state index >= 15 is 0 Å². The van der Waals surface area contributed by atoms with Crippen LogP contribution in [0.15, 0.2) is 18.2 Å². The summed E-state index contributed by atoms with van der Waals surface area (Å²) in [5.74, 6) is 1.09. The van der Waals surface area contributed by atoms with Gasteiger partial charge in [-0.05, 0) is 6.07 Å². The number of nitrogens with zero attached hydrogens (tertiary/aromatic N) is 1. The van der Waals surface area contributed by atoms with Crippen molar-refractivity contribution in [3.8, 4) is 5.88 Å². The second kappa shape index (κ2) is 5.33. The number of alkyl halides is 1. The first kappa shape index (κ1) is 10.7. The van der Waals surface area contributed by atoms with Crippen molar-refractivity contribution in [2.24, 2.45) is 0 Å². The lowest BCUT2D eigenvalue weighted by atomic mass is 10.1. The summed E-state index contributed by atoms with van der Waals surface area (Å²) in [5.41, 5.74) is 0.848. The summed E-state index contributed by atoms with van der Waals surface area (Å²) < 4.78 is 11.0. The molecular formula is C11H14ClNO2. The van der Waals surface area contributed by atoms with Crippen LogP contribution in [-0.4, -0.2) is 24.3 Å². The lowest BCUT2D eigenvalue weighted by Crippen LogP contribution is -2.26. The number of rotatable bonds is 3. The molecule has 2 rings (SSSR count). The van der Waals surface area contributed by atoms with Gasteiger partial charge in [-0.3, -0.25) is 0 Å². The molecule has 0 N–H and O–H groups in total. The Bertz CT molecular complexity index is 313. The minimum atomic E-state index is 0.233. The van der Waals surface area contributed by atoms with E-state index in [1.165, 1.54) is 0 Å². The number of ether oxygens (including phenoxy) is 2. The van der Waals surface area contributed by atoms with Gasteiger partial charge in [0.05, 0.1) is 24.8 Å². The summed E-state index contributed by atoms with van der Waals surface area (Å²) in [7, 11) is 0. The Morgan fingerprint density at radius 2 is 2.20 bits per heavy atom. The Morgan fingerprint density at radius 1 is 1.40 bits per heavy atom. The van der Waals surface area contributed by atoms with Gasteiger partial charge in [-0.15, -0.1) is 11.6 Å². The first-order valence-electron chi connectivity index (χ1n) is 5.15. The van der Waals surface area contributed by atoms with Crippen molar-refractivity contribution in [1.29, 1.82) is 0 Å². The maximum Gasteiger partial charge on any atom is 0.213 e. The summed E-state index contributed by atoms with van der Waals surface area (Å²) in [4.78, 5) is 4.29. The second-order valence-corrected chi connectivity index (χ2v) is 3.80. The lowest BCUT2D eigenvalue weighted by Gasteiger charge is -2.22. The van der Waals surface area contributed by atoms with Crippen molar-refractivity contribution < 1.29 is 9.47 Å². The van der Waals surface area contributed by atoms with Gasteiger partial charge >= 0.3 is 0 Å². The maximum atomic E-state index is 5.75. The molecule has 3 nitrogen and oxygen atoms in total. The van der Waals surface area contributed by atoms with E-state index in [1.807, 2.05) is 18.2 Å². The average Bonchev–Trinajstić information content (AvgIpc) is 2.31. The third-order valence-electron chi connectivity index (χ3n) is 2.37. The normalized spacial score (nSPS) is 17.7. The van der Waals surface area contributed by atoms with E-state index < -0.39 is 0 Å². The quantitative estimate of drug-likeness (QED) is 0.743. The third-order valence-corrected chi connectivity index (χ3v) is 2.65. The zero-order chi connectivity index (χ0) is 10.5. The van der Waals surface area contributed by atoms with Gasteiger partial charge in [0.15, 0.2) is 0 Å². The first-order valence-corrected chi connectivity index (χ1v) is 5.68. The minimum absolute atomic E-state index is 0.233. The number of aromatic nitrogens is 1. The average molecular weight is 228 g/mol. The zero-order valence-electron chi connectivity index (χ0n) is 8.49. The highest BCUT2D eigenvalue weighted by Gasteiger charge is 2.15. The summed E-state index contributed by atoms with van der Waals surface area (Å²) >= 11 is 5.70. The van der Waals surface area contributed by atoms with E-state index in [-0.39, 0.29) is 6.10 Å². The molecule has 1 saturated heterocycles. The molecule has 1 aliphatic heterocycles. The molecule has 0 atom stereocenters. The number of pyridine rings is 1. The molecule has 0 unspecified atom stereocenters.